The minimum absolute atomic E-state index is 0.190. The van der Waals surface area contributed by atoms with Crippen molar-refractivity contribution in [3.63, 3.8) is 0 Å². The van der Waals surface area contributed by atoms with Gasteiger partial charge in [0.2, 0.25) is 5.88 Å². The third-order valence-corrected chi connectivity index (χ3v) is 6.04. The molecule has 3 aromatic rings. The van der Waals surface area contributed by atoms with Crippen molar-refractivity contribution < 1.29 is 14.3 Å². The maximum atomic E-state index is 13.3. The van der Waals surface area contributed by atoms with Crippen molar-refractivity contribution in [2.75, 3.05) is 23.9 Å². The van der Waals surface area contributed by atoms with E-state index in [0.29, 0.717) is 38.8 Å². The Kier molecular flexibility index (Phi) is 6.30. The standard InChI is InChI=1S/C25H18N4O3S/c1-3-4-11-29-20-9-7-18(28-24(30)17-6-10-23(32-2)27-15-17)13-22(20)33-21-12-16(14-26)5-8-19(21)25(29)31/h5-10,12-13,15H,11H2,1-2H3,(H,28,30). The lowest BCUT2D eigenvalue weighted by Gasteiger charge is -2.21. The van der Waals surface area contributed by atoms with Crippen molar-refractivity contribution in [1.29, 1.82) is 5.26 Å². The van der Waals surface area contributed by atoms with Gasteiger partial charge in [-0.2, -0.15) is 5.26 Å². The molecule has 0 radical (unpaired) electrons. The van der Waals surface area contributed by atoms with Gasteiger partial charge in [-0.25, -0.2) is 4.98 Å². The van der Waals surface area contributed by atoms with Gasteiger partial charge in [-0.1, -0.05) is 17.7 Å². The second kappa shape index (κ2) is 9.47. The zero-order valence-electron chi connectivity index (χ0n) is 17.9. The van der Waals surface area contributed by atoms with Gasteiger partial charge in [-0.3, -0.25) is 14.5 Å². The van der Waals surface area contributed by atoms with Gasteiger partial charge >= 0.3 is 0 Å². The first kappa shape index (κ1) is 21.9. The van der Waals surface area contributed by atoms with Crippen LogP contribution in [0.2, 0.25) is 0 Å². The lowest BCUT2D eigenvalue weighted by Crippen LogP contribution is -2.31. The number of hydrogen-bond donors (Lipinski definition) is 1. The Morgan fingerprint density at radius 1 is 1.18 bits per heavy atom. The van der Waals surface area contributed by atoms with Crippen molar-refractivity contribution in [1.82, 2.24) is 4.98 Å². The fourth-order valence-corrected chi connectivity index (χ4v) is 4.43. The number of methoxy groups -OCH3 is 1. The summed E-state index contributed by atoms with van der Waals surface area (Å²) in [4.78, 5) is 33.1. The molecule has 1 N–H and O–H groups in total. The number of fused-ring (bicyclic) bond motifs is 2. The number of aromatic nitrogens is 1. The van der Waals surface area contributed by atoms with Gasteiger partial charge in [-0.05, 0) is 49.4 Å². The topological polar surface area (TPSA) is 95.3 Å². The predicted molar refractivity (Wildman–Crippen MR) is 126 cm³/mol. The molecule has 0 fully saturated rings. The van der Waals surface area contributed by atoms with E-state index in [2.05, 4.69) is 28.2 Å². The highest BCUT2D eigenvalue weighted by atomic mass is 32.2. The van der Waals surface area contributed by atoms with Gasteiger partial charge in [0, 0.05) is 27.7 Å². The number of pyridine rings is 1. The van der Waals surface area contributed by atoms with E-state index in [1.807, 2.05) is 6.07 Å². The van der Waals surface area contributed by atoms with Crippen LogP contribution in [0.25, 0.3) is 0 Å². The third-order valence-electron chi connectivity index (χ3n) is 4.94. The van der Waals surface area contributed by atoms with Crippen LogP contribution in [0, 0.1) is 23.2 Å². The minimum Gasteiger partial charge on any atom is -0.481 e. The molecule has 2 heterocycles. The number of nitriles is 1. The second-order valence-corrected chi connectivity index (χ2v) is 8.05. The van der Waals surface area contributed by atoms with Crippen molar-refractivity contribution >= 4 is 35.0 Å². The van der Waals surface area contributed by atoms with E-state index in [1.54, 1.807) is 54.3 Å². The summed E-state index contributed by atoms with van der Waals surface area (Å²) in [5, 5.41) is 12.2. The van der Waals surface area contributed by atoms with E-state index in [-0.39, 0.29) is 18.4 Å². The van der Waals surface area contributed by atoms with Crippen molar-refractivity contribution in [2.24, 2.45) is 0 Å². The van der Waals surface area contributed by atoms with Gasteiger partial charge in [0.1, 0.15) is 0 Å². The van der Waals surface area contributed by atoms with Crippen LogP contribution in [0.1, 0.15) is 33.2 Å². The average Bonchev–Trinajstić information content (AvgIpc) is 2.95. The number of carbonyl (C=O) groups excluding carboxylic acids is 2. The normalized spacial score (nSPS) is 11.8. The maximum Gasteiger partial charge on any atom is 0.260 e. The summed E-state index contributed by atoms with van der Waals surface area (Å²) in [5.74, 6) is 5.69. The van der Waals surface area contributed by atoms with Crippen LogP contribution >= 0.6 is 11.8 Å². The van der Waals surface area contributed by atoms with Gasteiger partial charge < -0.3 is 10.1 Å². The number of ether oxygens (including phenoxy) is 1. The Labute approximate surface area is 195 Å². The average molecular weight is 455 g/mol. The summed E-state index contributed by atoms with van der Waals surface area (Å²) >= 11 is 1.37. The summed E-state index contributed by atoms with van der Waals surface area (Å²) in [6, 6.07) is 15.7. The van der Waals surface area contributed by atoms with E-state index >= 15 is 0 Å². The highest BCUT2D eigenvalue weighted by Gasteiger charge is 2.27. The molecule has 33 heavy (non-hydrogen) atoms. The second-order valence-electron chi connectivity index (χ2n) is 6.97. The number of amides is 2. The Balaban J connectivity index is 1.71. The number of hydrogen-bond acceptors (Lipinski definition) is 6. The highest BCUT2D eigenvalue weighted by Crippen LogP contribution is 2.42. The molecule has 2 amide bonds. The first-order valence-corrected chi connectivity index (χ1v) is 10.7. The smallest absolute Gasteiger partial charge is 0.260 e. The largest absolute Gasteiger partial charge is 0.481 e. The minimum atomic E-state index is -0.319. The van der Waals surface area contributed by atoms with Crippen LogP contribution < -0.4 is 15.0 Å². The molecule has 8 heteroatoms. The van der Waals surface area contributed by atoms with E-state index in [0.717, 1.165) is 4.90 Å². The van der Waals surface area contributed by atoms with E-state index < -0.39 is 0 Å². The first-order valence-electron chi connectivity index (χ1n) is 9.93. The predicted octanol–water partition coefficient (Wildman–Crippen LogP) is 4.35. The van der Waals surface area contributed by atoms with Crippen LogP contribution in [-0.4, -0.2) is 30.5 Å². The number of nitrogens with zero attached hydrogens (tertiary/aromatic N) is 3. The Morgan fingerprint density at radius 2 is 2.03 bits per heavy atom. The lowest BCUT2D eigenvalue weighted by molar-refractivity contribution is 0.0985. The Bertz CT molecular complexity index is 1350. The number of anilines is 2. The molecule has 0 saturated carbocycles. The van der Waals surface area contributed by atoms with Crippen LogP contribution in [0.3, 0.4) is 0 Å². The molecular formula is C25H18N4O3S. The number of rotatable bonds is 4. The molecule has 0 aliphatic carbocycles. The Hall–Kier alpha value is -4.27. The zero-order valence-corrected chi connectivity index (χ0v) is 18.7. The van der Waals surface area contributed by atoms with Crippen LogP contribution in [-0.2, 0) is 0 Å². The molecule has 4 rings (SSSR count). The molecular weight excluding hydrogens is 436 g/mol. The summed E-state index contributed by atoms with van der Waals surface area (Å²) in [7, 11) is 1.51. The fourth-order valence-electron chi connectivity index (χ4n) is 3.28. The zero-order chi connectivity index (χ0) is 23.4. The molecule has 0 saturated heterocycles. The highest BCUT2D eigenvalue weighted by molar-refractivity contribution is 7.99. The molecule has 0 spiro atoms. The molecule has 0 bridgehead atoms. The van der Waals surface area contributed by atoms with Crippen molar-refractivity contribution in [3.05, 3.63) is 71.4 Å². The molecule has 162 valence electrons. The molecule has 0 unspecified atom stereocenters. The van der Waals surface area contributed by atoms with E-state index in [4.69, 9.17) is 4.74 Å². The van der Waals surface area contributed by atoms with Gasteiger partial charge in [0.15, 0.2) is 0 Å². The maximum absolute atomic E-state index is 13.3. The monoisotopic (exact) mass is 454 g/mol. The molecule has 1 aliphatic rings. The summed E-state index contributed by atoms with van der Waals surface area (Å²) in [6.45, 7) is 1.95. The molecule has 7 nitrogen and oxygen atoms in total. The summed E-state index contributed by atoms with van der Waals surface area (Å²) < 4.78 is 5.03. The Morgan fingerprint density at radius 3 is 2.73 bits per heavy atom. The number of benzene rings is 2. The van der Waals surface area contributed by atoms with Gasteiger partial charge in [-0.15, -0.1) is 5.92 Å². The van der Waals surface area contributed by atoms with E-state index in [1.165, 1.54) is 25.1 Å². The molecule has 0 atom stereocenters. The van der Waals surface area contributed by atoms with Crippen LogP contribution in [0.5, 0.6) is 5.88 Å². The van der Waals surface area contributed by atoms with Crippen molar-refractivity contribution in [2.45, 2.75) is 16.7 Å². The third kappa shape index (κ3) is 4.52. The van der Waals surface area contributed by atoms with Gasteiger partial charge in [0.05, 0.1) is 42.1 Å². The quantitative estimate of drug-likeness (QED) is 0.589. The van der Waals surface area contributed by atoms with E-state index in [9.17, 15) is 14.9 Å². The molecule has 1 aliphatic heterocycles. The summed E-state index contributed by atoms with van der Waals surface area (Å²) in [6.07, 6.45) is 1.44. The molecule has 2 aromatic carbocycles. The SMILES string of the molecule is CC#CCN1C(=O)c2ccc(C#N)cc2Sc2cc(NC(=O)c3ccc(OC)nc3)ccc21. The van der Waals surface area contributed by atoms with Crippen LogP contribution in [0.4, 0.5) is 11.4 Å². The first-order chi connectivity index (χ1) is 16.0. The number of carbonyl (C=O) groups is 2. The lowest BCUT2D eigenvalue weighted by atomic mass is 10.1. The molecule has 1 aromatic heterocycles. The summed E-state index contributed by atoms with van der Waals surface area (Å²) in [5.41, 5.74) is 2.61. The fraction of sp³-hybridized carbons (Fsp3) is 0.120. The van der Waals surface area contributed by atoms with Gasteiger partial charge in [0.25, 0.3) is 11.8 Å². The number of nitrogens with one attached hydrogen (secondary N) is 1. The van der Waals surface area contributed by atoms with Crippen molar-refractivity contribution in [3.8, 4) is 23.8 Å². The van der Waals surface area contributed by atoms with Crippen LogP contribution in [0.15, 0.2) is 64.5 Å².